The molecule has 0 saturated heterocycles. The number of amides is 2. The van der Waals surface area contributed by atoms with Gasteiger partial charge in [0.15, 0.2) is 6.61 Å². The largest absolute Gasteiger partial charge is 0.483 e. The molecule has 6 heteroatoms. The van der Waals surface area contributed by atoms with Gasteiger partial charge in [0, 0.05) is 27.8 Å². The first kappa shape index (κ1) is 22.0. The molecule has 2 aromatic rings. The van der Waals surface area contributed by atoms with Crippen LogP contribution in [0.5, 0.6) is 5.75 Å². The van der Waals surface area contributed by atoms with Gasteiger partial charge in [-0.1, -0.05) is 43.6 Å². The van der Waals surface area contributed by atoms with Gasteiger partial charge < -0.3 is 15.4 Å². The van der Waals surface area contributed by atoms with Crippen molar-refractivity contribution in [2.45, 2.75) is 39.5 Å². The van der Waals surface area contributed by atoms with Crippen molar-refractivity contribution in [1.82, 2.24) is 5.32 Å². The maximum absolute atomic E-state index is 12.2. The highest BCUT2D eigenvalue weighted by Gasteiger charge is 2.20. The molecule has 150 valence electrons. The molecule has 0 spiro atoms. The van der Waals surface area contributed by atoms with Crippen LogP contribution in [0.3, 0.4) is 0 Å². The predicted octanol–water partition coefficient (Wildman–Crippen LogP) is 4.90. The van der Waals surface area contributed by atoms with Crippen molar-refractivity contribution in [1.29, 1.82) is 0 Å². The molecule has 0 saturated carbocycles. The lowest BCUT2D eigenvalue weighted by molar-refractivity contribution is -0.118. The first-order valence-corrected chi connectivity index (χ1v) is 10.1. The first-order valence-electron chi connectivity index (χ1n) is 9.31. The Kier molecular flexibility index (Phi) is 7.63. The van der Waals surface area contributed by atoms with Gasteiger partial charge in [-0.15, -0.1) is 0 Å². The summed E-state index contributed by atoms with van der Waals surface area (Å²) in [5.74, 6) is 0.313. The van der Waals surface area contributed by atoms with Crippen LogP contribution in [0, 0.1) is 0 Å². The maximum Gasteiger partial charge on any atom is 0.262 e. The highest BCUT2D eigenvalue weighted by Crippen LogP contribution is 2.33. The fourth-order valence-electron chi connectivity index (χ4n) is 2.60. The second kappa shape index (κ2) is 9.73. The van der Waals surface area contributed by atoms with E-state index in [9.17, 15) is 9.59 Å². The molecule has 0 fully saturated rings. The Morgan fingerprint density at radius 2 is 1.75 bits per heavy atom. The molecule has 0 aliphatic carbocycles. The number of rotatable bonds is 7. The lowest BCUT2D eigenvalue weighted by atomic mass is 9.86. The van der Waals surface area contributed by atoms with Crippen LogP contribution >= 0.6 is 15.9 Å². The van der Waals surface area contributed by atoms with Gasteiger partial charge in [-0.2, -0.15) is 0 Å². The average molecular weight is 447 g/mol. The van der Waals surface area contributed by atoms with Gasteiger partial charge in [-0.05, 0) is 54.3 Å². The molecule has 0 heterocycles. The summed E-state index contributed by atoms with van der Waals surface area (Å²) in [7, 11) is 0. The van der Waals surface area contributed by atoms with Crippen molar-refractivity contribution in [3.05, 3.63) is 58.1 Å². The van der Waals surface area contributed by atoms with Crippen molar-refractivity contribution in [3.63, 3.8) is 0 Å². The third-order valence-electron chi connectivity index (χ3n) is 4.07. The van der Waals surface area contributed by atoms with E-state index in [1.165, 1.54) is 0 Å². The summed E-state index contributed by atoms with van der Waals surface area (Å²) in [6.07, 6.45) is 0.884. The molecule has 0 unspecified atom stereocenters. The normalized spacial score (nSPS) is 11.0. The smallest absolute Gasteiger partial charge is 0.262 e. The average Bonchev–Trinajstić information content (AvgIpc) is 2.65. The first-order chi connectivity index (χ1) is 13.2. The van der Waals surface area contributed by atoms with Gasteiger partial charge in [-0.3, -0.25) is 9.59 Å². The Bertz CT molecular complexity index is 827. The summed E-state index contributed by atoms with van der Waals surface area (Å²) in [6, 6.07) is 12.6. The number of hydrogen-bond donors (Lipinski definition) is 2. The zero-order valence-electron chi connectivity index (χ0n) is 16.8. The van der Waals surface area contributed by atoms with Crippen LogP contribution in [-0.2, 0) is 10.2 Å². The number of benzene rings is 2. The predicted molar refractivity (Wildman–Crippen MR) is 116 cm³/mol. The van der Waals surface area contributed by atoms with Crippen molar-refractivity contribution < 1.29 is 14.3 Å². The Hall–Kier alpha value is -2.34. The van der Waals surface area contributed by atoms with Gasteiger partial charge in [0.1, 0.15) is 5.75 Å². The van der Waals surface area contributed by atoms with E-state index in [1.54, 1.807) is 24.3 Å². The highest BCUT2D eigenvalue weighted by molar-refractivity contribution is 9.10. The lowest BCUT2D eigenvalue weighted by Crippen LogP contribution is -2.24. The Balaban J connectivity index is 1.96. The van der Waals surface area contributed by atoms with Gasteiger partial charge in [0.2, 0.25) is 0 Å². The zero-order valence-corrected chi connectivity index (χ0v) is 18.4. The number of anilines is 1. The Morgan fingerprint density at radius 1 is 1.07 bits per heavy atom. The minimum Gasteiger partial charge on any atom is -0.483 e. The van der Waals surface area contributed by atoms with Crippen molar-refractivity contribution >= 4 is 33.4 Å². The fraction of sp³-hybridized carbons (Fsp3) is 0.364. The Labute approximate surface area is 175 Å². The standard InChI is InChI=1S/C22H27BrN2O3/c1-5-12-24-21(27)15-6-9-17(10-7-15)25-20(26)14-28-19-11-8-16(23)13-18(19)22(2,3)4/h6-11,13H,5,12,14H2,1-4H3,(H,24,27)(H,25,26). The second-order valence-corrected chi connectivity index (χ2v) is 8.48. The summed E-state index contributed by atoms with van der Waals surface area (Å²) >= 11 is 3.48. The Morgan fingerprint density at radius 3 is 2.36 bits per heavy atom. The third kappa shape index (κ3) is 6.37. The molecule has 0 aliphatic heterocycles. The van der Waals surface area contributed by atoms with E-state index >= 15 is 0 Å². The van der Waals surface area contributed by atoms with Gasteiger partial charge in [0.05, 0.1) is 0 Å². The van der Waals surface area contributed by atoms with Gasteiger partial charge in [0.25, 0.3) is 11.8 Å². The second-order valence-electron chi connectivity index (χ2n) is 7.56. The number of hydrogen-bond acceptors (Lipinski definition) is 3. The molecule has 28 heavy (non-hydrogen) atoms. The number of halogens is 1. The molecule has 2 amide bonds. The fourth-order valence-corrected chi connectivity index (χ4v) is 2.96. The monoisotopic (exact) mass is 446 g/mol. The van der Waals surface area contributed by atoms with Crippen LogP contribution in [0.1, 0.15) is 50.0 Å². The molecule has 0 atom stereocenters. The molecule has 2 N–H and O–H groups in total. The van der Waals surface area contributed by atoms with Crippen LogP contribution in [-0.4, -0.2) is 25.0 Å². The van der Waals surface area contributed by atoms with Crippen LogP contribution in [0.4, 0.5) is 5.69 Å². The molecule has 0 aliphatic rings. The number of carbonyl (C=O) groups is 2. The zero-order chi connectivity index (χ0) is 20.7. The lowest BCUT2D eigenvalue weighted by Gasteiger charge is -2.23. The molecule has 0 aromatic heterocycles. The molecule has 2 rings (SSSR count). The maximum atomic E-state index is 12.2. The van der Waals surface area contributed by atoms with E-state index in [4.69, 9.17) is 4.74 Å². The van der Waals surface area contributed by atoms with Crippen LogP contribution in [0.25, 0.3) is 0 Å². The molecular weight excluding hydrogens is 420 g/mol. The molecule has 0 bridgehead atoms. The molecule has 5 nitrogen and oxygen atoms in total. The van der Waals surface area contributed by atoms with E-state index in [0.717, 1.165) is 16.5 Å². The van der Waals surface area contributed by atoms with Crippen LogP contribution in [0.15, 0.2) is 46.9 Å². The van der Waals surface area contributed by atoms with Crippen molar-refractivity contribution in [2.75, 3.05) is 18.5 Å². The molecule has 2 aromatic carbocycles. The summed E-state index contributed by atoms with van der Waals surface area (Å²) in [4.78, 5) is 24.2. The van der Waals surface area contributed by atoms with E-state index < -0.39 is 0 Å². The minimum absolute atomic E-state index is 0.0938. The van der Waals surface area contributed by atoms with Crippen molar-refractivity contribution in [2.24, 2.45) is 0 Å². The molecule has 0 radical (unpaired) electrons. The number of ether oxygens (including phenoxy) is 1. The summed E-state index contributed by atoms with van der Waals surface area (Å²) < 4.78 is 6.73. The number of nitrogens with one attached hydrogen (secondary N) is 2. The SMILES string of the molecule is CCCNC(=O)c1ccc(NC(=O)COc2ccc(Br)cc2C(C)(C)C)cc1. The van der Waals surface area contributed by atoms with Crippen LogP contribution < -0.4 is 15.4 Å². The number of carbonyl (C=O) groups excluding carboxylic acids is 2. The van der Waals surface area contributed by atoms with E-state index in [2.05, 4.69) is 47.3 Å². The van der Waals surface area contributed by atoms with E-state index in [-0.39, 0.29) is 23.8 Å². The van der Waals surface area contributed by atoms with Crippen LogP contribution in [0.2, 0.25) is 0 Å². The summed E-state index contributed by atoms with van der Waals surface area (Å²) in [5.41, 5.74) is 2.10. The van der Waals surface area contributed by atoms with Gasteiger partial charge >= 0.3 is 0 Å². The van der Waals surface area contributed by atoms with Crippen molar-refractivity contribution in [3.8, 4) is 5.75 Å². The quantitative estimate of drug-likeness (QED) is 0.634. The van der Waals surface area contributed by atoms with E-state index in [1.807, 2.05) is 25.1 Å². The third-order valence-corrected chi connectivity index (χ3v) is 4.57. The minimum atomic E-state index is -0.258. The van der Waals surface area contributed by atoms with Gasteiger partial charge in [-0.25, -0.2) is 0 Å². The summed E-state index contributed by atoms with van der Waals surface area (Å²) in [6.45, 7) is 8.84. The summed E-state index contributed by atoms with van der Waals surface area (Å²) in [5, 5.41) is 5.61. The van der Waals surface area contributed by atoms with E-state index in [0.29, 0.717) is 23.5 Å². The molecular formula is C22H27BrN2O3. The topological polar surface area (TPSA) is 67.4 Å². The highest BCUT2D eigenvalue weighted by atomic mass is 79.9.